The number of para-hydroxylation sites is 1. The molecular weight excluding hydrogens is 368 g/mol. The highest BCUT2D eigenvalue weighted by Gasteiger charge is 2.34. The predicted molar refractivity (Wildman–Crippen MR) is 89.5 cm³/mol. The molecule has 0 amide bonds. The fourth-order valence-corrected chi connectivity index (χ4v) is 2.84. The van der Waals surface area contributed by atoms with E-state index in [9.17, 15) is 17.6 Å². The summed E-state index contributed by atoms with van der Waals surface area (Å²) in [4.78, 5) is 7.55. The van der Waals surface area contributed by atoms with Crippen molar-refractivity contribution in [2.75, 3.05) is 0 Å². The van der Waals surface area contributed by atoms with Crippen LogP contribution in [0.3, 0.4) is 0 Å². The highest BCUT2D eigenvalue weighted by molar-refractivity contribution is 7.98. The van der Waals surface area contributed by atoms with Crippen LogP contribution in [0.15, 0.2) is 65.8 Å². The third-order valence-corrected chi connectivity index (χ3v) is 4.11. The van der Waals surface area contributed by atoms with E-state index >= 15 is 0 Å². The average molecular weight is 380 g/mol. The molecule has 0 saturated heterocycles. The van der Waals surface area contributed by atoms with Crippen molar-refractivity contribution in [1.29, 1.82) is 0 Å². The Labute approximate surface area is 151 Å². The third kappa shape index (κ3) is 4.95. The Bertz CT molecular complexity index is 888. The Hall–Kier alpha value is -2.61. The number of ether oxygens (including phenoxy) is 1. The molecule has 1 heterocycles. The van der Waals surface area contributed by atoms with Crippen LogP contribution < -0.4 is 4.74 Å². The minimum atomic E-state index is -4.63. The number of hydrogen-bond acceptors (Lipinski definition) is 4. The molecule has 3 nitrogen and oxygen atoms in total. The van der Waals surface area contributed by atoms with Crippen LogP contribution >= 0.6 is 11.8 Å². The SMILES string of the molecule is Fc1cccc(CSc2nc(Oc3ccccc3)cc(C(F)(F)F)n2)c1. The summed E-state index contributed by atoms with van der Waals surface area (Å²) in [6, 6.07) is 14.9. The topological polar surface area (TPSA) is 35.0 Å². The lowest BCUT2D eigenvalue weighted by Crippen LogP contribution is -2.10. The van der Waals surface area contributed by atoms with Gasteiger partial charge >= 0.3 is 6.18 Å². The number of rotatable bonds is 5. The molecule has 0 atom stereocenters. The molecule has 0 saturated carbocycles. The summed E-state index contributed by atoms with van der Waals surface area (Å²) in [5.74, 6) is -0.0362. The van der Waals surface area contributed by atoms with E-state index in [1.165, 1.54) is 18.2 Å². The van der Waals surface area contributed by atoms with Crippen LogP contribution in [0.2, 0.25) is 0 Å². The molecule has 3 aromatic rings. The van der Waals surface area contributed by atoms with Crippen LogP contribution in [-0.2, 0) is 11.9 Å². The summed E-state index contributed by atoms with van der Waals surface area (Å²) in [5, 5.41) is -0.102. The van der Waals surface area contributed by atoms with Crippen LogP contribution in [0, 0.1) is 5.82 Å². The maximum absolute atomic E-state index is 13.2. The van der Waals surface area contributed by atoms with Crippen molar-refractivity contribution in [3.63, 3.8) is 0 Å². The average Bonchev–Trinajstić information content (AvgIpc) is 2.60. The second-order valence-electron chi connectivity index (χ2n) is 5.21. The maximum atomic E-state index is 13.2. The number of aromatic nitrogens is 2. The fourth-order valence-electron chi connectivity index (χ4n) is 2.05. The van der Waals surface area contributed by atoms with Gasteiger partial charge in [-0.05, 0) is 29.8 Å². The van der Waals surface area contributed by atoms with Gasteiger partial charge in [-0.2, -0.15) is 18.2 Å². The molecule has 0 radical (unpaired) electrons. The molecule has 1 aromatic heterocycles. The van der Waals surface area contributed by atoms with Crippen molar-refractivity contribution in [3.8, 4) is 11.6 Å². The first-order valence-electron chi connectivity index (χ1n) is 7.46. The minimum Gasteiger partial charge on any atom is -0.439 e. The summed E-state index contributed by atoms with van der Waals surface area (Å²) < 4.78 is 57.9. The second-order valence-corrected chi connectivity index (χ2v) is 6.15. The third-order valence-electron chi connectivity index (χ3n) is 3.20. The van der Waals surface area contributed by atoms with Crippen LogP contribution in [0.4, 0.5) is 17.6 Å². The van der Waals surface area contributed by atoms with Crippen LogP contribution in [0.25, 0.3) is 0 Å². The lowest BCUT2D eigenvalue weighted by Gasteiger charge is -2.11. The van der Waals surface area contributed by atoms with Gasteiger partial charge in [-0.15, -0.1) is 0 Å². The summed E-state index contributed by atoms with van der Waals surface area (Å²) in [6.07, 6.45) is -4.63. The lowest BCUT2D eigenvalue weighted by molar-refractivity contribution is -0.141. The van der Waals surface area contributed by atoms with Crippen LogP contribution in [-0.4, -0.2) is 9.97 Å². The summed E-state index contributed by atoms with van der Waals surface area (Å²) >= 11 is 0.968. The normalized spacial score (nSPS) is 11.4. The van der Waals surface area contributed by atoms with E-state index in [0.717, 1.165) is 17.8 Å². The zero-order valence-electron chi connectivity index (χ0n) is 13.2. The molecule has 0 fully saturated rings. The molecule has 0 aliphatic heterocycles. The summed E-state index contributed by atoms with van der Waals surface area (Å²) in [6.45, 7) is 0. The Morgan fingerprint density at radius 1 is 0.923 bits per heavy atom. The van der Waals surface area contributed by atoms with E-state index in [1.54, 1.807) is 36.4 Å². The first-order valence-corrected chi connectivity index (χ1v) is 8.45. The standard InChI is InChI=1S/C18H12F4N2OS/c19-13-6-4-5-12(9-13)11-26-17-23-15(18(20,21)22)10-16(24-17)25-14-7-2-1-3-8-14/h1-10H,11H2. The summed E-state index contributed by atoms with van der Waals surface area (Å²) in [7, 11) is 0. The molecule has 26 heavy (non-hydrogen) atoms. The largest absolute Gasteiger partial charge is 0.439 e. The number of halogens is 4. The number of benzene rings is 2. The molecule has 0 aliphatic rings. The fraction of sp³-hybridized carbons (Fsp3) is 0.111. The maximum Gasteiger partial charge on any atom is 0.433 e. The van der Waals surface area contributed by atoms with Gasteiger partial charge in [-0.25, -0.2) is 9.37 Å². The Morgan fingerprint density at radius 2 is 1.69 bits per heavy atom. The van der Waals surface area contributed by atoms with Crippen molar-refractivity contribution in [1.82, 2.24) is 9.97 Å². The molecule has 0 unspecified atom stereocenters. The first kappa shape index (κ1) is 18.2. The molecular formula is C18H12F4N2OS. The smallest absolute Gasteiger partial charge is 0.433 e. The van der Waals surface area contributed by atoms with Gasteiger partial charge in [-0.3, -0.25) is 0 Å². The van der Waals surface area contributed by atoms with Crippen molar-refractivity contribution in [2.45, 2.75) is 17.1 Å². The van der Waals surface area contributed by atoms with Gasteiger partial charge in [-0.1, -0.05) is 42.1 Å². The van der Waals surface area contributed by atoms with Gasteiger partial charge in [0.05, 0.1) is 0 Å². The van der Waals surface area contributed by atoms with E-state index in [1.807, 2.05) is 0 Å². The zero-order chi connectivity index (χ0) is 18.6. The molecule has 0 bridgehead atoms. The van der Waals surface area contributed by atoms with Gasteiger partial charge in [0.2, 0.25) is 5.88 Å². The molecule has 8 heteroatoms. The Morgan fingerprint density at radius 3 is 2.38 bits per heavy atom. The lowest BCUT2D eigenvalue weighted by atomic mass is 10.2. The van der Waals surface area contributed by atoms with Crippen molar-refractivity contribution in [3.05, 3.63) is 77.7 Å². The van der Waals surface area contributed by atoms with E-state index in [-0.39, 0.29) is 16.8 Å². The summed E-state index contributed by atoms with van der Waals surface area (Å²) in [5.41, 5.74) is -0.485. The number of nitrogens with zero attached hydrogens (tertiary/aromatic N) is 2. The highest BCUT2D eigenvalue weighted by Crippen LogP contribution is 2.33. The Balaban J connectivity index is 1.85. The molecule has 0 spiro atoms. The predicted octanol–water partition coefficient (Wildman–Crippen LogP) is 5.72. The van der Waals surface area contributed by atoms with E-state index in [2.05, 4.69) is 9.97 Å². The van der Waals surface area contributed by atoms with E-state index < -0.39 is 17.7 Å². The van der Waals surface area contributed by atoms with Crippen LogP contribution in [0.5, 0.6) is 11.6 Å². The first-order chi connectivity index (χ1) is 12.4. The van der Waals surface area contributed by atoms with E-state index in [4.69, 9.17) is 4.74 Å². The van der Waals surface area contributed by atoms with Gasteiger partial charge in [0.15, 0.2) is 10.9 Å². The molecule has 134 valence electrons. The van der Waals surface area contributed by atoms with Crippen LogP contribution in [0.1, 0.15) is 11.3 Å². The monoisotopic (exact) mass is 380 g/mol. The number of thioether (sulfide) groups is 1. The quantitative estimate of drug-likeness (QED) is 0.322. The van der Waals surface area contributed by atoms with Crippen molar-refractivity contribution >= 4 is 11.8 Å². The molecule has 0 N–H and O–H groups in total. The molecule has 2 aromatic carbocycles. The number of alkyl halides is 3. The number of hydrogen-bond donors (Lipinski definition) is 0. The van der Waals surface area contributed by atoms with Gasteiger partial charge in [0.1, 0.15) is 11.6 Å². The molecule has 0 aliphatic carbocycles. The highest BCUT2D eigenvalue weighted by atomic mass is 32.2. The molecule has 3 rings (SSSR count). The van der Waals surface area contributed by atoms with Gasteiger partial charge in [0.25, 0.3) is 0 Å². The zero-order valence-corrected chi connectivity index (χ0v) is 14.0. The van der Waals surface area contributed by atoms with Gasteiger partial charge in [0, 0.05) is 11.8 Å². The Kier molecular flexibility index (Phi) is 5.41. The van der Waals surface area contributed by atoms with Crippen molar-refractivity contribution in [2.24, 2.45) is 0 Å². The van der Waals surface area contributed by atoms with Gasteiger partial charge < -0.3 is 4.74 Å². The minimum absolute atomic E-state index is 0.102. The second kappa shape index (κ2) is 7.74. The van der Waals surface area contributed by atoms with Crippen molar-refractivity contribution < 1.29 is 22.3 Å². The van der Waals surface area contributed by atoms with E-state index in [0.29, 0.717) is 11.3 Å².